The molecule has 0 aliphatic rings. The molecule has 0 heterocycles. The van der Waals surface area contributed by atoms with E-state index >= 15 is 0 Å². The van der Waals surface area contributed by atoms with Crippen LogP contribution in [0.4, 0.5) is 17.1 Å². The largest absolute Gasteiger partial charge is 0.399 e. The number of thiocarbonyl (C=S) groups is 1. The van der Waals surface area contributed by atoms with Crippen LogP contribution in [0.5, 0.6) is 0 Å². The van der Waals surface area contributed by atoms with Crippen LogP contribution in [0.25, 0.3) is 0 Å². The summed E-state index contributed by atoms with van der Waals surface area (Å²) >= 11 is 5.33. The van der Waals surface area contributed by atoms with E-state index in [-0.39, 0.29) is 0 Å². The van der Waals surface area contributed by atoms with Crippen LogP contribution in [-0.2, 0) is 0 Å². The molecule has 19 heavy (non-hydrogen) atoms. The minimum Gasteiger partial charge on any atom is -0.399 e. The molecule has 3 nitrogen and oxygen atoms in total. The van der Waals surface area contributed by atoms with E-state index in [1.54, 1.807) is 18.2 Å². The molecule has 0 aliphatic carbocycles. The van der Waals surface area contributed by atoms with Gasteiger partial charge >= 0.3 is 0 Å². The molecule has 2 aromatic carbocycles. The highest BCUT2D eigenvalue weighted by Crippen LogP contribution is 2.17. The van der Waals surface area contributed by atoms with Crippen molar-refractivity contribution >= 4 is 34.3 Å². The number of rotatable bonds is 2. The molecule has 0 saturated heterocycles. The van der Waals surface area contributed by atoms with Gasteiger partial charge in [0.25, 0.3) is 0 Å². The van der Waals surface area contributed by atoms with Crippen molar-refractivity contribution in [1.82, 2.24) is 0 Å². The maximum Gasteiger partial charge on any atom is 0.111 e. The number of terminal acetylenes is 1. The minimum absolute atomic E-state index is 0.549. The predicted molar refractivity (Wildman–Crippen MR) is 85.0 cm³/mol. The molecule has 0 amide bonds. The molecule has 2 aromatic rings. The van der Waals surface area contributed by atoms with E-state index in [1.807, 2.05) is 24.3 Å². The molecule has 5 N–H and O–H groups in total. The van der Waals surface area contributed by atoms with Crippen molar-refractivity contribution in [1.29, 1.82) is 0 Å². The van der Waals surface area contributed by atoms with Gasteiger partial charge in [-0.05, 0) is 36.4 Å². The number of nitrogen functional groups attached to an aromatic ring is 2. The van der Waals surface area contributed by atoms with Gasteiger partial charge < -0.3 is 16.8 Å². The molecule has 0 fully saturated rings. The van der Waals surface area contributed by atoms with Gasteiger partial charge in [-0.3, -0.25) is 0 Å². The van der Waals surface area contributed by atoms with Crippen LogP contribution in [0.2, 0.25) is 0 Å². The first-order valence-corrected chi connectivity index (χ1v) is 6.03. The van der Waals surface area contributed by atoms with Crippen molar-refractivity contribution < 1.29 is 0 Å². The molecule has 0 atom stereocenters. The smallest absolute Gasteiger partial charge is 0.111 e. The van der Waals surface area contributed by atoms with Crippen LogP contribution in [0, 0.1) is 12.3 Å². The van der Waals surface area contributed by atoms with Crippen LogP contribution in [0.15, 0.2) is 42.5 Å². The third kappa shape index (κ3) is 3.24. The molecule has 0 spiro atoms. The first-order valence-electron chi connectivity index (χ1n) is 5.62. The SMILES string of the molecule is C#Cc1cccc(NC(=S)c2cc(N)cc(N)c2)c1. The van der Waals surface area contributed by atoms with Gasteiger partial charge in [0.2, 0.25) is 0 Å². The summed E-state index contributed by atoms with van der Waals surface area (Å²) < 4.78 is 0. The Morgan fingerprint density at radius 3 is 2.42 bits per heavy atom. The molecule has 0 unspecified atom stereocenters. The fraction of sp³-hybridized carbons (Fsp3) is 0. The number of anilines is 3. The predicted octanol–water partition coefficient (Wildman–Crippen LogP) is 2.62. The number of nitrogens with one attached hydrogen (secondary N) is 1. The highest BCUT2D eigenvalue weighted by Gasteiger charge is 2.04. The minimum atomic E-state index is 0.549. The Bertz CT molecular complexity index is 651. The van der Waals surface area contributed by atoms with Crippen molar-refractivity contribution in [2.24, 2.45) is 0 Å². The van der Waals surface area contributed by atoms with Crippen molar-refractivity contribution in [2.45, 2.75) is 0 Å². The lowest BCUT2D eigenvalue weighted by atomic mass is 10.1. The number of benzene rings is 2. The van der Waals surface area contributed by atoms with Gasteiger partial charge in [0.1, 0.15) is 4.99 Å². The van der Waals surface area contributed by atoms with Crippen molar-refractivity contribution in [2.75, 3.05) is 16.8 Å². The number of hydrogen-bond acceptors (Lipinski definition) is 3. The van der Waals surface area contributed by atoms with E-state index < -0.39 is 0 Å². The van der Waals surface area contributed by atoms with Crippen LogP contribution < -0.4 is 16.8 Å². The normalized spacial score (nSPS) is 9.63. The van der Waals surface area contributed by atoms with Gasteiger partial charge in [0.05, 0.1) is 0 Å². The van der Waals surface area contributed by atoms with Crippen molar-refractivity contribution in [3.63, 3.8) is 0 Å². The van der Waals surface area contributed by atoms with Gasteiger partial charge in [-0.25, -0.2) is 0 Å². The fourth-order valence-corrected chi connectivity index (χ4v) is 1.93. The van der Waals surface area contributed by atoms with Gasteiger partial charge in [-0.1, -0.05) is 24.2 Å². The Morgan fingerprint density at radius 1 is 1.11 bits per heavy atom. The lowest BCUT2D eigenvalue weighted by molar-refractivity contribution is 1.58. The highest BCUT2D eigenvalue weighted by atomic mass is 32.1. The van der Waals surface area contributed by atoms with Gasteiger partial charge in [0, 0.05) is 28.2 Å². The Morgan fingerprint density at radius 2 is 1.79 bits per heavy atom. The summed E-state index contributed by atoms with van der Waals surface area (Å²) in [4.78, 5) is 0.549. The third-order valence-electron chi connectivity index (χ3n) is 2.53. The molecule has 0 saturated carbocycles. The summed E-state index contributed by atoms with van der Waals surface area (Å²) in [5.74, 6) is 2.58. The molecule has 94 valence electrons. The first-order chi connectivity index (χ1) is 9.08. The molecule has 4 heteroatoms. The quantitative estimate of drug-likeness (QED) is 0.444. The van der Waals surface area contributed by atoms with Crippen LogP contribution in [-0.4, -0.2) is 4.99 Å². The van der Waals surface area contributed by atoms with E-state index in [0.717, 1.165) is 16.8 Å². The maximum atomic E-state index is 5.74. The van der Waals surface area contributed by atoms with Crippen LogP contribution in [0.3, 0.4) is 0 Å². The van der Waals surface area contributed by atoms with E-state index in [9.17, 15) is 0 Å². The van der Waals surface area contributed by atoms with Crippen molar-refractivity contribution in [3.8, 4) is 12.3 Å². The lowest BCUT2D eigenvalue weighted by Crippen LogP contribution is -2.11. The Labute approximate surface area is 117 Å². The zero-order valence-corrected chi connectivity index (χ0v) is 11.0. The second-order valence-electron chi connectivity index (χ2n) is 4.07. The average molecular weight is 267 g/mol. The summed E-state index contributed by atoms with van der Waals surface area (Å²) in [5.41, 5.74) is 15.0. The van der Waals surface area contributed by atoms with Crippen LogP contribution in [0.1, 0.15) is 11.1 Å². The van der Waals surface area contributed by atoms with Gasteiger partial charge in [0.15, 0.2) is 0 Å². The monoisotopic (exact) mass is 267 g/mol. The number of hydrogen-bond donors (Lipinski definition) is 3. The maximum absolute atomic E-state index is 5.74. The second kappa shape index (κ2) is 5.42. The average Bonchev–Trinajstić information content (AvgIpc) is 2.37. The second-order valence-corrected chi connectivity index (χ2v) is 4.48. The summed E-state index contributed by atoms with van der Waals surface area (Å²) in [6.07, 6.45) is 5.36. The highest BCUT2D eigenvalue weighted by molar-refractivity contribution is 7.81. The molecule has 0 radical (unpaired) electrons. The standard InChI is InChI=1S/C15H13N3S/c1-2-10-4-3-5-14(6-10)18-15(19)11-7-12(16)9-13(17)8-11/h1,3-9H,16-17H2,(H,18,19). The zero-order valence-electron chi connectivity index (χ0n) is 10.2. The van der Waals surface area contributed by atoms with Crippen molar-refractivity contribution in [3.05, 3.63) is 53.6 Å². The van der Waals surface area contributed by atoms with E-state index in [1.165, 1.54) is 0 Å². The van der Waals surface area contributed by atoms with Gasteiger partial charge in [-0.2, -0.15) is 0 Å². The lowest BCUT2D eigenvalue weighted by Gasteiger charge is -2.10. The molecule has 0 aliphatic heterocycles. The molecular formula is C15H13N3S. The van der Waals surface area contributed by atoms with Crippen LogP contribution >= 0.6 is 12.2 Å². The Hall–Kier alpha value is -2.51. The van der Waals surface area contributed by atoms with Gasteiger partial charge in [-0.15, -0.1) is 6.42 Å². The van der Waals surface area contributed by atoms with E-state index in [0.29, 0.717) is 16.4 Å². The number of nitrogens with two attached hydrogens (primary N) is 2. The fourth-order valence-electron chi connectivity index (χ4n) is 1.70. The summed E-state index contributed by atoms with van der Waals surface area (Å²) in [6.45, 7) is 0. The Kier molecular flexibility index (Phi) is 3.69. The topological polar surface area (TPSA) is 64.1 Å². The first kappa shape index (κ1) is 12.9. The summed E-state index contributed by atoms with van der Waals surface area (Å²) in [7, 11) is 0. The Balaban J connectivity index is 2.23. The molecule has 0 aromatic heterocycles. The summed E-state index contributed by atoms with van der Waals surface area (Å²) in [6, 6.07) is 12.7. The third-order valence-corrected chi connectivity index (χ3v) is 2.86. The van der Waals surface area contributed by atoms with E-state index in [2.05, 4.69) is 11.2 Å². The molecule has 2 rings (SSSR count). The zero-order chi connectivity index (χ0) is 13.8. The summed E-state index contributed by atoms with van der Waals surface area (Å²) in [5, 5.41) is 3.11. The molecular weight excluding hydrogens is 254 g/mol. The van der Waals surface area contributed by atoms with E-state index in [4.69, 9.17) is 30.1 Å². The molecule has 0 bridgehead atoms.